The molecule has 7 heteroatoms. The van der Waals surface area contributed by atoms with E-state index in [0.717, 1.165) is 42.6 Å². The largest absolute Gasteiger partial charge is 0.450 e. The van der Waals surface area contributed by atoms with Crippen LogP contribution in [0.3, 0.4) is 0 Å². The molecule has 4 rings (SSSR count). The van der Waals surface area contributed by atoms with Crippen LogP contribution in [0, 0.1) is 19.8 Å². The van der Waals surface area contributed by atoms with E-state index in [4.69, 9.17) is 4.74 Å². The number of piperidine rings is 2. The molecule has 3 aliphatic rings. The van der Waals surface area contributed by atoms with Crippen LogP contribution >= 0.6 is 0 Å². The fourth-order valence-electron chi connectivity index (χ4n) is 5.25. The highest BCUT2D eigenvalue weighted by molar-refractivity contribution is 6.36. The Morgan fingerprint density at radius 1 is 1.00 bits per heavy atom. The molecule has 3 amide bonds. The number of carbonyl (C=O) groups excluding carboxylic acids is 3. The number of ether oxygens (including phenoxy) is 1. The second-order valence-corrected chi connectivity index (χ2v) is 9.61. The number of benzene rings is 1. The van der Waals surface area contributed by atoms with Crippen molar-refractivity contribution in [2.24, 2.45) is 5.92 Å². The molecule has 0 atom stereocenters. The summed E-state index contributed by atoms with van der Waals surface area (Å²) in [6.45, 7) is 10.9. The number of hydrogen-bond donors (Lipinski definition) is 0. The summed E-state index contributed by atoms with van der Waals surface area (Å²) in [6.07, 6.45) is 2.85. The molecule has 1 aromatic carbocycles. The average Bonchev–Trinajstić information content (AvgIpc) is 3.04. The zero-order chi connectivity index (χ0) is 23.7. The lowest BCUT2D eigenvalue weighted by molar-refractivity contribution is -0.141. The normalized spacial score (nSPS) is 20.8. The number of likely N-dealkylation sites (tertiary alicyclic amines) is 2. The molecule has 0 aromatic heterocycles. The van der Waals surface area contributed by atoms with Gasteiger partial charge in [-0.15, -0.1) is 0 Å². The van der Waals surface area contributed by atoms with Gasteiger partial charge >= 0.3 is 6.09 Å². The molecule has 0 aliphatic carbocycles. The molecule has 0 spiro atoms. The van der Waals surface area contributed by atoms with Crippen molar-refractivity contribution < 1.29 is 19.1 Å². The highest BCUT2D eigenvalue weighted by Crippen LogP contribution is 2.37. The molecule has 1 aromatic rings. The molecule has 0 bridgehead atoms. The van der Waals surface area contributed by atoms with Crippen LogP contribution in [0.1, 0.15) is 56.2 Å². The van der Waals surface area contributed by atoms with Crippen molar-refractivity contribution in [3.05, 3.63) is 40.6 Å². The van der Waals surface area contributed by atoms with Crippen LogP contribution in [0.5, 0.6) is 0 Å². The Bertz CT molecular complexity index is 970. The topological polar surface area (TPSA) is 70.2 Å². The molecule has 3 aliphatic heterocycles. The first-order valence-electron chi connectivity index (χ1n) is 12.2. The van der Waals surface area contributed by atoms with Gasteiger partial charge in [0.15, 0.2) is 0 Å². The summed E-state index contributed by atoms with van der Waals surface area (Å²) in [4.78, 5) is 44.9. The Balaban J connectivity index is 1.63. The van der Waals surface area contributed by atoms with E-state index in [0.29, 0.717) is 49.7 Å². The van der Waals surface area contributed by atoms with Crippen LogP contribution in [-0.2, 0) is 14.3 Å². The summed E-state index contributed by atoms with van der Waals surface area (Å²) in [7, 11) is 0. The summed E-state index contributed by atoms with van der Waals surface area (Å²) in [6, 6.07) is 5.84. The first-order chi connectivity index (χ1) is 15.8. The van der Waals surface area contributed by atoms with E-state index in [9.17, 15) is 14.4 Å². The molecule has 33 heavy (non-hydrogen) atoms. The van der Waals surface area contributed by atoms with Crippen LogP contribution in [0.2, 0.25) is 0 Å². The van der Waals surface area contributed by atoms with E-state index >= 15 is 0 Å². The van der Waals surface area contributed by atoms with Gasteiger partial charge in [0.05, 0.1) is 12.2 Å². The van der Waals surface area contributed by atoms with E-state index in [2.05, 4.69) is 17.9 Å². The number of nitrogens with zero attached hydrogens (tertiary/aromatic N) is 3. The monoisotopic (exact) mass is 453 g/mol. The van der Waals surface area contributed by atoms with Crippen LogP contribution in [-0.4, -0.2) is 71.4 Å². The molecule has 178 valence electrons. The highest BCUT2D eigenvalue weighted by Gasteiger charge is 2.46. The molecular weight excluding hydrogens is 418 g/mol. The van der Waals surface area contributed by atoms with E-state index in [1.165, 1.54) is 4.90 Å². The van der Waals surface area contributed by atoms with Crippen LogP contribution in [0.25, 0.3) is 5.57 Å². The van der Waals surface area contributed by atoms with Crippen molar-refractivity contribution in [3.8, 4) is 0 Å². The maximum absolute atomic E-state index is 13.8. The Kier molecular flexibility index (Phi) is 6.77. The van der Waals surface area contributed by atoms with Crippen molar-refractivity contribution in [2.45, 2.75) is 59.4 Å². The quantitative estimate of drug-likeness (QED) is 0.650. The van der Waals surface area contributed by atoms with Crippen molar-refractivity contribution in [1.82, 2.24) is 14.7 Å². The Labute approximate surface area is 196 Å². The fourth-order valence-corrected chi connectivity index (χ4v) is 5.25. The van der Waals surface area contributed by atoms with Crippen molar-refractivity contribution in [3.63, 3.8) is 0 Å². The average molecular weight is 454 g/mol. The summed E-state index contributed by atoms with van der Waals surface area (Å²) in [5.74, 6) is 0.246. The number of amides is 3. The number of carbonyl (C=O) groups is 3. The van der Waals surface area contributed by atoms with E-state index < -0.39 is 0 Å². The lowest BCUT2D eigenvalue weighted by Crippen LogP contribution is -2.50. The second kappa shape index (κ2) is 9.57. The van der Waals surface area contributed by atoms with Crippen molar-refractivity contribution >= 4 is 23.5 Å². The minimum absolute atomic E-state index is 0.181. The Morgan fingerprint density at radius 3 is 2.27 bits per heavy atom. The zero-order valence-corrected chi connectivity index (χ0v) is 20.2. The van der Waals surface area contributed by atoms with Gasteiger partial charge in [-0.1, -0.05) is 30.7 Å². The maximum atomic E-state index is 13.8. The summed E-state index contributed by atoms with van der Waals surface area (Å²) in [5, 5.41) is 0. The van der Waals surface area contributed by atoms with Gasteiger partial charge in [0.2, 0.25) is 0 Å². The number of aryl methyl sites for hydroxylation is 2. The van der Waals surface area contributed by atoms with Crippen molar-refractivity contribution in [2.75, 3.05) is 32.8 Å². The van der Waals surface area contributed by atoms with E-state index in [-0.39, 0.29) is 23.9 Å². The smallest absolute Gasteiger partial charge is 0.409 e. The van der Waals surface area contributed by atoms with E-state index in [1.807, 2.05) is 26.0 Å². The molecule has 0 unspecified atom stereocenters. The molecule has 2 fully saturated rings. The van der Waals surface area contributed by atoms with Crippen LogP contribution in [0.4, 0.5) is 4.79 Å². The summed E-state index contributed by atoms with van der Waals surface area (Å²) < 4.78 is 5.11. The summed E-state index contributed by atoms with van der Waals surface area (Å²) in [5.41, 5.74) is 4.09. The standard InChI is InChI=1S/C26H35N3O4/c1-5-33-26(32)28-14-10-20(11-15-28)29-24(30)22(21-7-6-18(3)16-19(21)4)23(25(29)31)27-12-8-17(2)9-13-27/h6-7,16-17,20H,5,8-15H2,1-4H3. The maximum Gasteiger partial charge on any atom is 0.409 e. The minimum Gasteiger partial charge on any atom is -0.450 e. The number of hydrogen-bond acceptors (Lipinski definition) is 5. The predicted molar refractivity (Wildman–Crippen MR) is 126 cm³/mol. The molecule has 0 N–H and O–H groups in total. The lowest BCUT2D eigenvalue weighted by atomic mass is 9.95. The summed E-state index contributed by atoms with van der Waals surface area (Å²) >= 11 is 0. The number of imide groups is 1. The Morgan fingerprint density at radius 2 is 1.67 bits per heavy atom. The zero-order valence-electron chi connectivity index (χ0n) is 20.2. The molecule has 7 nitrogen and oxygen atoms in total. The fraction of sp³-hybridized carbons (Fsp3) is 0.577. The molecule has 2 saturated heterocycles. The van der Waals surface area contributed by atoms with Gasteiger partial charge in [-0.2, -0.15) is 0 Å². The van der Waals surface area contributed by atoms with Gasteiger partial charge in [0.25, 0.3) is 11.8 Å². The van der Waals surface area contributed by atoms with Gasteiger partial charge in [0, 0.05) is 32.2 Å². The highest BCUT2D eigenvalue weighted by atomic mass is 16.6. The third-order valence-corrected chi connectivity index (χ3v) is 7.20. The van der Waals surface area contributed by atoms with Gasteiger partial charge in [0.1, 0.15) is 5.70 Å². The molecule has 0 saturated carbocycles. The van der Waals surface area contributed by atoms with E-state index in [1.54, 1.807) is 11.8 Å². The molecule has 3 heterocycles. The predicted octanol–water partition coefficient (Wildman–Crippen LogP) is 3.74. The van der Waals surface area contributed by atoms with Crippen molar-refractivity contribution in [1.29, 1.82) is 0 Å². The second-order valence-electron chi connectivity index (χ2n) is 9.61. The van der Waals surface area contributed by atoms with Gasteiger partial charge < -0.3 is 14.5 Å². The van der Waals surface area contributed by atoms with Crippen LogP contribution < -0.4 is 0 Å². The number of rotatable bonds is 4. The third-order valence-electron chi connectivity index (χ3n) is 7.20. The van der Waals surface area contributed by atoms with Gasteiger partial charge in [-0.3, -0.25) is 14.5 Å². The third kappa shape index (κ3) is 4.50. The first kappa shape index (κ1) is 23.3. The molecule has 0 radical (unpaired) electrons. The van der Waals surface area contributed by atoms with Gasteiger partial charge in [-0.05, 0) is 63.5 Å². The molecular formula is C26H35N3O4. The first-order valence-corrected chi connectivity index (χ1v) is 12.2. The Hall–Kier alpha value is -2.83. The lowest BCUT2D eigenvalue weighted by Gasteiger charge is -2.36. The van der Waals surface area contributed by atoms with Gasteiger partial charge in [-0.25, -0.2) is 4.79 Å². The SMILES string of the molecule is CCOC(=O)N1CCC(N2C(=O)C(c3ccc(C)cc3C)=C(N3CCC(C)CC3)C2=O)CC1. The van der Waals surface area contributed by atoms with Crippen LogP contribution in [0.15, 0.2) is 23.9 Å². The minimum atomic E-state index is -0.327.